The number of rotatable bonds is 6. The van der Waals surface area contributed by atoms with Gasteiger partial charge in [-0.05, 0) is 161 Å². The number of aromatic nitrogens is 2. The highest BCUT2D eigenvalue weighted by molar-refractivity contribution is 6.14. The van der Waals surface area contributed by atoms with E-state index in [0.29, 0.717) is 11.3 Å². The van der Waals surface area contributed by atoms with Gasteiger partial charge in [-0.1, -0.05) is 239 Å². The smallest absolute Gasteiger partial charge is 0.230 e. The molecule has 0 radical (unpaired) electrons. The molecule has 2 aliphatic carbocycles. The highest BCUT2D eigenvalue weighted by Gasteiger charge is 2.69. The Hall–Kier alpha value is -10.0. The fourth-order valence-corrected chi connectivity index (χ4v) is 16.1. The van der Waals surface area contributed by atoms with Crippen LogP contribution in [0.5, 0.6) is 0 Å². The van der Waals surface area contributed by atoms with E-state index in [4.69, 9.17) is 4.85 Å². The van der Waals surface area contributed by atoms with Gasteiger partial charge in [0.2, 0.25) is 5.69 Å². The monoisotopic (exact) mass is 1120 g/mol. The molecule has 0 aliphatic heterocycles. The van der Waals surface area contributed by atoms with E-state index < -0.39 is 16.2 Å². The molecule has 2 aliphatic rings. The summed E-state index contributed by atoms with van der Waals surface area (Å²) in [6, 6.07) is 87.6. The van der Waals surface area contributed by atoms with Crippen LogP contribution in [0.2, 0.25) is 0 Å². The van der Waals surface area contributed by atoms with Gasteiger partial charge in [0.1, 0.15) is 0 Å². The lowest BCUT2D eigenvalue weighted by atomic mass is 9.52. The summed E-state index contributed by atoms with van der Waals surface area (Å²) in [4.78, 5) is 4.76. The van der Waals surface area contributed by atoms with Gasteiger partial charge in [-0.3, -0.25) is 0 Å². The minimum absolute atomic E-state index is 0.144. The summed E-state index contributed by atoms with van der Waals surface area (Å²) in [5, 5.41) is 17.0. The van der Waals surface area contributed by atoms with Crippen molar-refractivity contribution < 1.29 is 0 Å². The molecule has 2 aromatic heterocycles. The summed E-state index contributed by atoms with van der Waals surface area (Å²) >= 11 is 0. The Morgan fingerprint density at radius 2 is 0.701 bits per heavy atom. The van der Waals surface area contributed by atoms with E-state index in [1.807, 2.05) is 0 Å². The van der Waals surface area contributed by atoms with Crippen LogP contribution in [0.3, 0.4) is 0 Å². The second-order valence-corrected chi connectivity index (χ2v) is 27.5. The van der Waals surface area contributed by atoms with Gasteiger partial charge in [0.15, 0.2) is 0 Å². The highest BCUT2D eigenvalue weighted by atomic mass is 15.0. The van der Waals surface area contributed by atoms with Gasteiger partial charge >= 0.3 is 0 Å². The summed E-state index contributed by atoms with van der Waals surface area (Å²) < 4.78 is 4.79. The molecule has 4 heteroatoms. The summed E-state index contributed by atoms with van der Waals surface area (Å²) in [5.74, 6) is 0. The lowest BCUT2D eigenvalue weighted by molar-refractivity contribution is 0.231. The van der Waals surface area contributed by atoms with Crippen molar-refractivity contribution >= 4 is 49.3 Å². The molecule has 0 atom stereocenters. The zero-order chi connectivity index (χ0) is 60.1. The van der Waals surface area contributed by atoms with Crippen LogP contribution in [0.1, 0.15) is 108 Å². The average molecular weight is 1120 g/mol. The van der Waals surface area contributed by atoms with E-state index in [9.17, 15) is 11.8 Å². The van der Waals surface area contributed by atoms with E-state index in [2.05, 4.69) is 315 Å². The Kier molecular flexibility index (Phi) is 11.7. The average Bonchev–Trinajstić information content (AvgIpc) is 1.47. The van der Waals surface area contributed by atoms with E-state index >= 15 is 0 Å². The number of hydrogen-bond donors (Lipinski definition) is 0. The van der Waals surface area contributed by atoms with Crippen molar-refractivity contribution in [1.82, 2.24) is 9.13 Å². The largest absolute Gasteiger partial charge is 0.319 e. The molecule has 0 amide bonds. The number of nitrogens with zero attached hydrogens (tertiary/aromatic N) is 4. The third-order valence-electron chi connectivity index (χ3n) is 20.0. The first-order valence-electron chi connectivity index (χ1n) is 30.6. The molecule has 0 bridgehead atoms. The van der Waals surface area contributed by atoms with Gasteiger partial charge < -0.3 is 9.13 Å². The van der Waals surface area contributed by atoms with Crippen molar-refractivity contribution in [3.05, 3.63) is 281 Å². The maximum atomic E-state index is 12.6. The van der Waals surface area contributed by atoms with Gasteiger partial charge in [0, 0.05) is 37.8 Å². The van der Waals surface area contributed by atoms with Crippen LogP contribution in [-0.2, 0) is 27.1 Å². The van der Waals surface area contributed by atoms with E-state index in [1.165, 1.54) is 33.4 Å². The maximum Gasteiger partial charge on any atom is 0.230 e. The molecule has 0 unspecified atom stereocenters. The lowest BCUT2D eigenvalue weighted by Gasteiger charge is -2.49. The third-order valence-corrected chi connectivity index (χ3v) is 20.0. The van der Waals surface area contributed by atoms with Crippen molar-refractivity contribution in [3.8, 4) is 73.1 Å². The van der Waals surface area contributed by atoms with Gasteiger partial charge in [-0.15, -0.1) is 0 Å². The Labute approximate surface area is 511 Å². The zero-order valence-electron chi connectivity index (χ0n) is 51.2. The predicted octanol–water partition coefficient (Wildman–Crippen LogP) is 22.1. The predicted molar refractivity (Wildman–Crippen MR) is 364 cm³/mol. The minimum Gasteiger partial charge on any atom is -0.319 e. The second-order valence-electron chi connectivity index (χ2n) is 27.5. The SMILES string of the molecule is [C-]#[N+]c1c(C#N)c(-n2c3ccc(-c4ccccc4)cc3c3cc(C(C)(C)C)ccc32)c2c(c1-n1c3ccc(-c4ccccc4)cc3c3cc(C(C)(C)C)ccc31)C(C)(C)C1(c3cc(-c4ccccc4)ccc3-c3ccc(-c4ccccc4)cc31)C2(C)C. The van der Waals surface area contributed by atoms with Crippen LogP contribution in [0.15, 0.2) is 231 Å². The number of hydrogen-bond acceptors (Lipinski definition) is 1. The fraction of sp³-hybridized carbons (Fsp3) is 0.181. The molecule has 0 saturated heterocycles. The number of fused-ring (bicyclic) bond motifs is 12. The molecule has 11 aromatic carbocycles. The van der Waals surface area contributed by atoms with Crippen molar-refractivity contribution in [2.75, 3.05) is 0 Å². The molecule has 1 spiro atoms. The first-order valence-corrected chi connectivity index (χ1v) is 30.6. The molecular weight excluding hydrogens is 1050 g/mol. The van der Waals surface area contributed by atoms with Crippen LogP contribution in [0, 0.1) is 17.9 Å². The molecule has 87 heavy (non-hydrogen) atoms. The van der Waals surface area contributed by atoms with Gasteiger partial charge in [0.25, 0.3) is 0 Å². The Morgan fingerprint density at radius 1 is 0.379 bits per heavy atom. The van der Waals surface area contributed by atoms with Gasteiger partial charge in [-0.2, -0.15) is 5.26 Å². The van der Waals surface area contributed by atoms with Crippen molar-refractivity contribution in [2.24, 2.45) is 0 Å². The van der Waals surface area contributed by atoms with Crippen LogP contribution >= 0.6 is 0 Å². The van der Waals surface area contributed by atoms with Crippen LogP contribution in [-0.4, -0.2) is 9.13 Å². The zero-order valence-corrected chi connectivity index (χ0v) is 51.2. The summed E-state index contributed by atoms with van der Waals surface area (Å²) in [6.07, 6.45) is 0. The van der Waals surface area contributed by atoms with Crippen LogP contribution < -0.4 is 0 Å². The normalized spacial score (nSPS) is 14.6. The summed E-state index contributed by atoms with van der Waals surface area (Å²) in [5.41, 5.74) is 22.0. The van der Waals surface area contributed by atoms with Gasteiger partial charge in [0.05, 0.1) is 51.6 Å². The summed E-state index contributed by atoms with van der Waals surface area (Å²) in [6.45, 7) is 33.3. The fourth-order valence-electron chi connectivity index (χ4n) is 16.1. The molecule has 420 valence electrons. The Bertz CT molecular complexity index is 4780. The first kappa shape index (κ1) is 53.7. The quantitative estimate of drug-likeness (QED) is 0.153. The number of nitriles is 1. The molecular formula is C83H68N4. The van der Waals surface area contributed by atoms with Crippen molar-refractivity contribution in [3.63, 3.8) is 0 Å². The van der Waals surface area contributed by atoms with E-state index in [-0.39, 0.29) is 10.8 Å². The summed E-state index contributed by atoms with van der Waals surface area (Å²) in [7, 11) is 0. The molecule has 4 nitrogen and oxygen atoms in total. The molecule has 0 N–H and O–H groups in total. The number of benzene rings is 11. The second kappa shape index (κ2) is 19.0. The van der Waals surface area contributed by atoms with Crippen molar-refractivity contribution in [1.29, 1.82) is 5.26 Å². The Morgan fingerprint density at radius 3 is 1.06 bits per heavy atom. The molecule has 15 rings (SSSR count). The van der Waals surface area contributed by atoms with Gasteiger partial charge in [-0.25, -0.2) is 4.85 Å². The highest BCUT2D eigenvalue weighted by Crippen LogP contribution is 2.74. The third kappa shape index (κ3) is 7.60. The molecule has 13 aromatic rings. The van der Waals surface area contributed by atoms with Crippen LogP contribution in [0.4, 0.5) is 5.69 Å². The Balaban J connectivity index is 1.16. The molecule has 2 heterocycles. The molecule has 0 fully saturated rings. The van der Waals surface area contributed by atoms with E-state index in [0.717, 1.165) is 111 Å². The van der Waals surface area contributed by atoms with E-state index in [1.54, 1.807) is 0 Å². The first-order chi connectivity index (χ1) is 41.9. The lowest BCUT2D eigenvalue weighted by Crippen LogP contribution is -2.51. The van der Waals surface area contributed by atoms with Crippen molar-refractivity contribution in [2.45, 2.75) is 96.3 Å². The molecule has 0 saturated carbocycles. The topological polar surface area (TPSA) is 38.0 Å². The maximum absolute atomic E-state index is 12.6. The van der Waals surface area contributed by atoms with Crippen LogP contribution in [0.25, 0.3) is 115 Å². The minimum atomic E-state index is -0.809. The standard InChI is InChI=1S/C83H68N4/c1-79(2,3)59-36-42-72-65(48-59)63-44-55(51-24-16-12-17-25-51)34-40-70(63)86(72)77-67(50-84)76(85-11)78(87-71-41-35-56(52-26-18-13-19-27-52)45-64(71)66-49-60(80(4,5)6)37-43-73(66)87)75-74(77)81(7,8)83(82(75,9)10)68-46-57(53-28-20-14-21-29-53)32-38-61(68)62-39-33-58(47-69(62)83)54-30-22-15-23-31-54/h12-49H,1-10H3.